The molecular weight excluding hydrogens is 845 g/mol. The number of fused-ring (bicyclic) bond motifs is 10. The average molecular weight is 887 g/mol. The number of furan rings is 1. The Bertz CT molecular complexity index is 3960. The van der Waals surface area contributed by atoms with Crippen molar-refractivity contribution in [1.82, 2.24) is 4.57 Å². The summed E-state index contributed by atoms with van der Waals surface area (Å²) in [5.41, 5.74) is 17.4. The van der Waals surface area contributed by atoms with Crippen molar-refractivity contribution >= 4 is 98.3 Å². The lowest BCUT2D eigenvalue weighted by Gasteiger charge is -2.26. The van der Waals surface area contributed by atoms with E-state index < -0.39 is 0 Å². The second-order valence-electron chi connectivity index (χ2n) is 18.0. The summed E-state index contributed by atoms with van der Waals surface area (Å²) in [5.74, 6) is 0. The molecule has 4 heteroatoms. The number of aromatic nitrogens is 1. The predicted octanol–water partition coefficient (Wildman–Crippen LogP) is 18.5. The maximum absolute atomic E-state index is 6.15. The molecule has 0 saturated heterocycles. The van der Waals surface area contributed by atoms with Crippen LogP contribution in [0.15, 0.2) is 229 Å². The van der Waals surface area contributed by atoms with Crippen molar-refractivity contribution in [3.05, 3.63) is 236 Å². The Balaban J connectivity index is 0.814. The van der Waals surface area contributed by atoms with E-state index in [1.807, 2.05) is 23.5 Å². The molecule has 13 aromatic rings. The van der Waals surface area contributed by atoms with Crippen molar-refractivity contribution in [2.75, 3.05) is 4.90 Å². The minimum Gasteiger partial charge on any atom is -0.456 e. The van der Waals surface area contributed by atoms with Gasteiger partial charge < -0.3 is 13.9 Å². The first-order valence-electron chi connectivity index (χ1n) is 23.4. The normalized spacial score (nSPS) is 12.5. The summed E-state index contributed by atoms with van der Waals surface area (Å²) in [6, 6.07) is 79.9. The van der Waals surface area contributed by atoms with Crippen molar-refractivity contribution in [3.63, 3.8) is 0 Å². The van der Waals surface area contributed by atoms with Gasteiger partial charge in [0.25, 0.3) is 0 Å². The first-order valence-corrected chi connectivity index (χ1v) is 24.3. The quantitative estimate of drug-likeness (QED) is 0.159. The van der Waals surface area contributed by atoms with E-state index in [2.05, 4.69) is 228 Å². The molecular formula is C64H42N2OS. The molecule has 0 saturated carbocycles. The minimum atomic E-state index is 0.906. The monoisotopic (exact) mass is 886 g/mol. The van der Waals surface area contributed by atoms with Gasteiger partial charge in [0.15, 0.2) is 0 Å². The fourth-order valence-corrected chi connectivity index (χ4v) is 11.8. The SMILES string of the molecule is C1=Cc2c(n(-c3ccc(-c4ccc(N(c5ccc(-c6ccc7oc8ccccc8c7c6)cc5)c5ccc(-c6ccc7sc8ccccc8c7c6)cc5)cc4)cc3)c3cc4ccccc4cc23)CC1. The van der Waals surface area contributed by atoms with Crippen LogP contribution in [0, 0.1) is 0 Å². The van der Waals surface area contributed by atoms with E-state index in [1.165, 1.54) is 81.0 Å². The highest BCUT2D eigenvalue weighted by Gasteiger charge is 2.20. The standard InChI is InChI=1S/C64H42N2OS/c1-2-10-46-40-60-56(37-45(46)9-1)53-11-3-6-14-59(53)66(60)52-33-19-42(20-34-52)41-17-27-49(28-18-41)65(50-29-21-43(22-30-50)47-25-35-62-57(38-47)54-12-4-7-15-61(54)67-62)51-31-23-44(24-32-51)48-26-36-64-58(39-48)55-13-5-8-16-63(55)68-64/h1-5,7-13,15-40H,6,14H2. The number of hydrogen-bond acceptors (Lipinski definition) is 3. The highest BCUT2D eigenvalue weighted by atomic mass is 32.1. The number of hydrogen-bond donors (Lipinski definition) is 0. The molecule has 0 aliphatic heterocycles. The summed E-state index contributed by atoms with van der Waals surface area (Å²) < 4.78 is 11.3. The van der Waals surface area contributed by atoms with Crippen LogP contribution in [0.1, 0.15) is 17.7 Å². The number of rotatable bonds is 7. The molecule has 0 fully saturated rings. The van der Waals surface area contributed by atoms with Crippen molar-refractivity contribution in [2.24, 2.45) is 0 Å². The van der Waals surface area contributed by atoms with Gasteiger partial charge in [-0.3, -0.25) is 0 Å². The molecule has 3 nitrogen and oxygen atoms in total. The lowest BCUT2D eigenvalue weighted by Crippen LogP contribution is -2.09. The zero-order chi connectivity index (χ0) is 44.7. The van der Waals surface area contributed by atoms with Crippen molar-refractivity contribution < 1.29 is 4.42 Å². The third-order valence-electron chi connectivity index (χ3n) is 14.1. The Hall–Kier alpha value is -8.44. The van der Waals surface area contributed by atoms with Crippen LogP contribution in [0.4, 0.5) is 17.1 Å². The Morgan fingerprint density at radius 2 is 0.941 bits per heavy atom. The van der Waals surface area contributed by atoms with Gasteiger partial charge in [0.2, 0.25) is 0 Å². The summed E-state index contributed by atoms with van der Waals surface area (Å²) >= 11 is 1.86. The van der Waals surface area contributed by atoms with E-state index >= 15 is 0 Å². The fraction of sp³-hybridized carbons (Fsp3) is 0.0312. The van der Waals surface area contributed by atoms with Crippen LogP contribution < -0.4 is 4.90 Å². The van der Waals surface area contributed by atoms with Crippen molar-refractivity contribution in [1.29, 1.82) is 0 Å². The summed E-state index contributed by atoms with van der Waals surface area (Å²) in [6.45, 7) is 0. The molecule has 3 heterocycles. The Morgan fingerprint density at radius 1 is 0.412 bits per heavy atom. The van der Waals surface area contributed by atoms with Gasteiger partial charge in [-0.2, -0.15) is 0 Å². The zero-order valence-electron chi connectivity index (χ0n) is 37.1. The second-order valence-corrected chi connectivity index (χ2v) is 19.1. The smallest absolute Gasteiger partial charge is 0.135 e. The van der Waals surface area contributed by atoms with Gasteiger partial charge in [-0.1, -0.05) is 133 Å². The fourth-order valence-electron chi connectivity index (χ4n) is 10.7. The van der Waals surface area contributed by atoms with E-state index in [0.717, 1.165) is 63.0 Å². The largest absolute Gasteiger partial charge is 0.456 e. The summed E-state index contributed by atoms with van der Waals surface area (Å²) in [6.07, 6.45) is 6.73. The zero-order valence-corrected chi connectivity index (χ0v) is 37.9. The third-order valence-corrected chi connectivity index (χ3v) is 15.2. The molecule has 1 aliphatic rings. The number of para-hydroxylation sites is 1. The number of anilines is 3. The van der Waals surface area contributed by atoms with Gasteiger partial charge in [-0.15, -0.1) is 11.3 Å². The molecule has 10 aromatic carbocycles. The van der Waals surface area contributed by atoms with Crippen LogP contribution in [-0.4, -0.2) is 4.57 Å². The number of thiophene rings is 1. The topological polar surface area (TPSA) is 21.3 Å². The Kier molecular flexibility index (Phi) is 8.89. The number of allylic oxidation sites excluding steroid dienone is 1. The van der Waals surface area contributed by atoms with Gasteiger partial charge >= 0.3 is 0 Å². The number of benzene rings is 10. The molecule has 14 rings (SSSR count). The van der Waals surface area contributed by atoms with E-state index in [4.69, 9.17) is 4.42 Å². The lowest BCUT2D eigenvalue weighted by molar-refractivity contribution is 0.669. The molecule has 0 radical (unpaired) electrons. The van der Waals surface area contributed by atoms with Gasteiger partial charge in [0.1, 0.15) is 11.2 Å². The van der Waals surface area contributed by atoms with Crippen molar-refractivity contribution in [3.8, 4) is 39.1 Å². The van der Waals surface area contributed by atoms with Gasteiger partial charge in [-0.05, 0) is 154 Å². The van der Waals surface area contributed by atoms with E-state index in [1.54, 1.807) is 0 Å². The van der Waals surface area contributed by atoms with E-state index in [0.29, 0.717) is 0 Å². The predicted molar refractivity (Wildman–Crippen MR) is 289 cm³/mol. The van der Waals surface area contributed by atoms with Crippen LogP contribution in [0.25, 0.3) is 109 Å². The molecule has 320 valence electrons. The van der Waals surface area contributed by atoms with E-state index in [9.17, 15) is 0 Å². The van der Waals surface area contributed by atoms with Crippen LogP contribution in [0.3, 0.4) is 0 Å². The van der Waals surface area contributed by atoms with Crippen LogP contribution >= 0.6 is 11.3 Å². The average Bonchev–Trinajstić information content (AvgIpc) is 4.07. The Morgan fingerprint density at radius 3 is 1.65 bits per heavy atom. The molecule has 1 aliphatic carbocycles. The maximum Gasteiger partial charge on any atom is 0.135 e. The summed E-state index contributed by atoms with van der Waals surface area (Å²) in [4.78, 5) is 2.36. The second kappa shape index (κ2) is 15.6. The Labute approximate surface area is 397 Å². The highest BCUT2D eigenvalue weighted by Crippen LogP contribution is 2.42. The van der Waals surface area contributed by atoms with E-state index in [-0.39, 0.29) is 0 Å². The van der Waals surface area contributed by atoms with Gasteiger partial charge in [-0.25, -0.2) is 0 Å². The molecule has 0 atom stereocenters. The highest BCUT2D eigenvalue weighted by molar-refractivity contribution is 7.25. The molecule has 0 spiro atoms. The molecule has 0 N–H and O–H groups in total. The molecule has 0 bridgehead atoms. The van der Waals surface area contributed by atoms with Gasteiger partial charge in [0, 0.05) is 70.3 Å². The lowest BCUT2D eigenvalue weighted by atomic mass is 10.0. The maximum atomic E-state index is 6.15. The van der Waals surface area contributed by atoms with Crippen molar-refractivity contribution in [2.45, 2.75) is 12.8 Å². The van der Waals surface area contributed by atoms with Crippen LogP contribution in [0.5, 0.6) is 0 Å². The molecule has 0 amide bonds. The summed E-state index contributed by atoms with van der Waals surface area (Å²) in [5, 5.41) is 8.77. The van der Waals surface area contributed by atoms with Crippen LogP contribution in [0.2, 0.25) is 0 Å². The summed E-state index contributed by atoms with van der Waals surface area (Å²) in [7, 11) is 0. The molecule has 3 aromatic heterocycles. The third kappa shape index (κ3) is 6.40. The number of nitrogens with zero attached hydrogens (tertiary/aromatic N) is 2. The first-order chi connectivity index (χ1) is 33.7. The first kappa shape index (κ1) is 38.8. The van der Waals surface area contributed by atoms with Gasteiger partial charge in [0.05, 0.1) is 5.52 Å². The molecule has 0 unspecified atom stereocenters. The van der Waals surface area contributed by atoms with Crippen LogP contribution in [-0.2, 0) is 6.42 Å². The molecule has 68 heavy (non-hydrogen) atoms. The minimum absolute atomic E-state index is 0.906.